The topological polar surface area (TPSA) is 149 Å². The lowest BCUT2D eigenvalue weighted by atomic mass is 9.99. The number of ether oxygens (including phenoxy) is 2. The normalized spacial score (nSPS) is 19.8. The molecule has 0 saturated carbocycles. The fourth-order valence-corrected chi connectivity index (χ4v) is 9.22. The van der Waals surface area contributed by atoms with Crippen molar-refractivity contribution in [2.45, 2.75) is 314 Å². The van der Waals surface area contributed by atoms with Crippen molar-refractivity contribution in [2.75, 3.05) is 13.2 Å². The molecule has 0 bridgehead atoms. The Balaban J connectivity index is 2.24. The maximum absolute atomic E-state index is 13.1. The molecule has 0 aliphatic carbocycles. The predicted octanol–water partition coefficient (Wildman–Crippen LogP) is 14.5. The summed E-state index contributed by atoms with van der Waals surface area (Å²) in [4.78, 5) is 13.1. The quantitative estimate of drug-likeness (QED) is 0.0261. The Morgan fingerprint density at radius 3 is 1.26 bits per heavy atom. The van der Waals surface area contributed by atoms with Gasteiger partial charge in [-0.3, -0.25) is 4.79 Å². The SMILES string of the molecule is CCCCCCC/C=C\C/C=C\C/C=C\CCCCCCCCCCC(=O)NC(COC1OC(CO)C(O)C(O)C1O)C(O)/C=C/CCCCCCCCCCCCCCCCCCCCCCC. The summed E-state index contributed by atoms with van der Waals surface area (Å²) >= 11 is 0. The van der Waals surface area contributed by atoms with E-state index in [2.05, 4.69) is 55.6 Å². The number of carbonyl (C=O) groups is 1. The van der Waals surface area contributed by atoms with Crippen LogP contribution in [0.1, 0.15) is 271 Å². The molecule has 69 heavy (non-hydrogen) atoms. The minimum atomic E-state index is -1.57. The Labute approximate surface area is 424 Å². The molecule has 6 N–H and O–H groups in total. The second-order valence-electron chi connectivity index (χ2n) is 20.4. The van der Waals surface area contributed by atoms with Gasteiger partial charge in [0.25, 0.3) is 0 Å². The molecule has 0 aromatic heterocycles. The highest BCUT2D eigenvalue weighted by Gasteiger charge is 2.44. The molecule has 1 saturated heterocycles. The number of hydrogen-bond acceptors (Lipinski definition) is 8. The molecule has 7 unspecified atom stereocenters. The predicted molar refractivity (Wildman–Crippen MR) is 290 cm³/mol. The van der Waals surface area contributed by atoms with Crippen LogP contribution in [0.15, 0.2) is 48.6 Å². The molecule has 7 atom stereocenters. The Kier molecular flexibility index (Phi) is 47.0. The summed E-state index contributed by atoms with van der Waals surface area (Å²) in [5.41, 5.74) is 0. The van der Waals surface area contributed by atoms with Crippen LogP contribution in [0.3, 0.4) is 0 Å². The third-order valence-electron chi connectivity index (χ3n) is 13.9. The molecule has 1 aliphatic heterocycles. The van der Waals surface area contributed by atoms with Crippen molar-refractivity contribution < 1.29 is 39.8 Å². The highest BCUT2D eigenvalue weighted by atomic mass is 16.7. The second-order valence-corrected chi connectivity index (χ2v) is 20.4. The van der Waals surface area contributed by atoms with Crippen LogP contribution in [0, 0.1) is 0 Å². The van der Waals surface area contributed by atoms with Gasteiger partial charge in [0, 0.05) is 6.42 Å². The van der Waals surface area contributed by atoms with Crippen LogP contribution in [0.25, 0.3) is 0 Å². The number of carbonyl (C=O) groups excluding carboxylic acids is 1. The van der Waals surface area contributed by atoms with Gasteiger partial charge in [-0.05, 0) is 57.8 Å². The number of aliphatic hydroxyl groups excluding tert-OH is 5. The number of amides is 1. The van der Waals surface area contributed by atoms with Gasteiger partial charge >= 0.3 is 0 Å². The third-order valence-corrected chi connectivity index (χ3v) is 13.9. The fourth-order valence-electron chi connectivity index (χ4n) is 9.22. The lowest BCUT2D eigenvalue weighted by molar-refractivity contribution is -0.302. The number of nitrogens with one attached hydrogen (secondary N) is 1. The van der Waals surface area contributed by atoms with E-state index in [-0.39, 0.29) is 12.5 Å². The Bertz CT molecular complexity index is 1220. The van der Waals surface area contributed by atoms with E-state index in [4.69, 9.17) is 9.47 Å². The van der Waals surface area contributed by atoms with Crippen LogP contribution in [-0.4, -0.2) is 87.5 Å². The largest absolute Gasteiger partial charge is 0.394 e. The molecule has 1 aliphatic rings. The first-order valence-corrected chi connectivity index (χ1v) is 29.4. The van der Waals surface area contributed by atoms with E-state index in [1.165, 1.54) is 186 Å². The standard InChI is InChI=1S/C60H111NO8/c1-3-5-7-9-11-13-15-17-19-21-23-25-27-29-31-33-35-37-39-41-43-45-47-49-54(63)53(52-68-60-59(67)58(66)57(65)55(51-62)69-60)61-56(64)50-48-46-44-42-40-38-36-34-32-30-28-26-24-22-20-18-16-14-12-10-8-6-4-2/h16,18,22,24,28,30,47,49,53-55,57-60,62-63,65-67H,3-15,17,19-21,23,25-27,29,31-46,48,50-52H2,1-2H3,(H,61,64)/b18-16-,24-22-,30-28-,49-47+. The summed E-state index contributed by atoms with van der Waals surface area (Å²) in [7, 11) is 0. The van der Waals surface area contributed by atoms with E-state index in [1.54, 1.807) is 6.08 Å². The second kappa shape index (κ2) is 49.7. The van der Waals surface area contributed by atoms with E-state index in [0.717, 1.165) is 64.2 Å². The number of rotatable bonds is 50. The van der Waals surface area contributed by atoms with Crippen LogP contribution in [0.5, 0.6) is 0 Å². The Hall–Kier alpha value is -1.85. The molecule has 0 aromatic carbocycles. The van der Waals surface area contributed by atoms with Crippen LogP contribution in [0.4, 0.5) is 0 Å². The molecule has 1 amide bonds. The number of hydrogen-bond donors (Lipinski definition) is 6. The molecule has 404 valence electrons. The van der Waals surface area contributed by atoms with Gasteiger partial charge in [0.15, 0.2) is 6.29 Å². The van der Waals surface area contributed by atoms with E-state index >= 15 is 0 Å². The first-order valence-electron chi connectivity index (χ1n) is 29.4. The molecule has 0 radical (unpaired) electrons. The molecule has 0 spiro atoms. The first kappa shape index (κ1) is 65.2. The van der Waals surface area contributed by atoms with E-state index in [1.807, 2.05) is 6.08 Å². The molecule has 1 fully saturated rings. The molecule has 9 heteroatoms. The maximum atomic E-state index is 13.1. The monoisotopic (exact) mass is 974 g/mol. The minimum absolute atomic E-state index is 0.182. The first-order chi connectivity index (χ1) is 33.8. The summed E-state index contributed by atoms with van der Waals surface area (Å²) < 4.78 is 11.3. The van der Waals surface area contributed by atoms with E-state index in [9.17, 15) is 30.3 Å². The Morgan fingerprint density at radius 2 is 0.855 bits per heavy atom. The van der Waals surface area contributed by atoms with Gasteiger partial charge in [-0.15, -0.1) is 0 Å². The Morgan fingerprint density at radius 1 is 0.493 bits per heavy atom. The van der Waals surface area contributed by atoms with Crippen LogP contribution >= 0.6 is 0 Å². The zero-order chi connectivity index (χ0) is 50.1. The van der Waals surface area contributed by atoms with Crippen molar-refractivity contribution in [1.29, 1.82) is 0 Å². The van der Waals surface area contributed by atoms with Gasteiger partial charge in [-0.2, -0.15) is 0 Å². The van der Waals surface area contributed by atoms with E-state index < -0.39 is 49.5 Å². The molecular weight excluding hydrogens is 863 g/mol. The lowest BCUT2D eigenvalue weighted by Gasteiger charge is -2.40. The van der Waals surface area contributed by atoms with Gasteiger partial charge < -0.3 is 40.3 Å². The van der Waals surface area contributed by atoms with Crippen molar-refractivity contribution in [3.63, 3.8) is 0 Å². The lowest BCUT2D eigenvalue weighted by Crippen LogP contribution is -2.60. The summed E-state index contributed by atoms with van der Waals surface area (Å²) in [6, 6.07) is -0.811. The zero-order valence-corrected chi connectivity index (χ0v) is 44.8. The van der Waals surface area contributed by atoms with Gasteiger partial charge in [0.2, 0.25) is 5.91 Å². The highest BCUT2D eigenvalue weighted by molar-refractivity contribution is 5.76. The highest BCUT2D eigenvalue weighted by Crippen LogP contribution is 2.23. The zero-order valence-electron chi connectivity index (χ0n) is 44.8. The van der Waals surface area contributed by atoms with Gasteiger partial charge in [-0.25, -0.2) is 0 Å². The van der Waals surface area contributed by atoms with Crippen LogP contribution < -0.4 is 5.32 Å². The van der Waals surface area contributed by atoms with Crippen LogP contribution in [-0.2, 0) is 14.3 Å². The molecule has 9 nitrogen and oxygen atoms in total. The summed E-state index contributed by atoms with van der Waals surface area (Å²) in [5, 5.41) is 54.5. The average molecular weight is 975 g/mol. The summed E-state index contributed by atoms with van der Waals surface area (Å²) in [5.74, 6) is -0.182. The molecule has 1 rings (SSSR count). The number of unbranched alkanes of at least 4 members (excludes halogenated alkanes) is 34. The van der Waals surface area contributed by atoms with Crippen molar-refractivity contribution >= 4 is 5.91 Å². The summed E-state index contributed by atoms with van der Waals surface area (Å²) in [6.07, 6.45) is 58.8. The minimum Gasteiger partial charge on any atom is -0.394 e. The number of aliphatic hydroxyl groups is 5. The maximum Gasteiger partial charge on any atom is 0.220 e. The van der Waals surface area contributed by atoms with Crippen LogP contribution in [0.2, 0.25) is 0 Å². The van der Waals surface area contributed by atoms with Gasteiger partial charge in [0.05, 0.1) is 25.4 Å². The third kappa shape index (κ3) is 39.4. The number of allylic oxidation sites excluding steroid dienone is 7. The molecular formula is C60H111NO8. The average Bonchev–Trinajstić information content (AvgIpc) is 3.35. The van der Waals surface area contributed by atoms with Crippen molar-refractivity contribution in [3.8, 4) is 0 Å². The van der Waals surface area contributed by atoms with Crippen molar-refractivity contribution in [1.82, 2.24) is 5.32 Å². The molecule has 0 aromatic rings. The fraction of sp³-hybridized carbons (Fsp3) is 0.850. The van der Waals surface area contributed by atoms with Crippen molar-refractivity contribution in [2.24, 2.45) is 0 Å². The summed E-state index contributed by atoms with van der Waals surface area (Å²) in [6.45, 7) is 3.79. The smallest absolute Gasteiger partial charge is 0.220 e. The van der Waals surface area contributed by atoms with Crippen molar-refractivity contribution in [3.05, 3.63) is 48.6 Å². The molecule has 1 heterocycles. The van der Waals surface area contributed by atoms with Gasteiger partial charge in [0.1, 0.15) is 24.4 Å². The van der Waals surface area contributed by atoms with E-state index in [0.29, 0.717) is 6.42 Å². The van der Waals surface area contributed by atoms with Gasteiger partial charge in [-0.1, -0.05) is 255 Å².